The Bertz CT molecular complexity index is 1300. The highest BCUT2D eigenvalue weighted by molar-refractivity contribution is 5.93. The fourth-order valence-corrected chi connectivity index (χ4v) is 4.76. The minimum atomic E-state index is -0.187. The minimum Gasteiger partial charge on any atom is -0.481 e. The molecule has 0 bridgehead atoms. The molecule has 1 aliphatic heterocycles. The number of nitrogens with one attached hydrogen (secondary N) is 1. The van der Waals surface area contributed by atoms with E-state index < -0.39 is 0 Å². The van der Waals surface area contributed by atoms with E-state index in [-0.39, 0.29) is 12.5 Å². The number of fused-ring (bicyclic) bond motifs is 1. The second-order valence-corrected chi connectivity index (χ2v) is 9.27. The lowest BCUT2D eigenvalue weighted by atomic mass is 9.90. The third kappa shape index (κ3) is 5.62. The van der Waals surface area contributed by atoms with Crippen LogP contribution in [0.15, 0.2) is 84.9 Å². The third-order valence-corrected chi connectivity index (χ3v) is 6.75. The highest BCUT2D eigenvalue weighted by Crippen LogP contribution is 2.29. The van der Waals surface area contributed by atoms with Crippen LogP contribution in [0.3, 0.4) is 0 Å². The third-order valence-electron chi connectivity index (χ3n) is 6.75. The molecule has 2 heterocycles. The van der Waals surface area contributed by atoms with Gasteiger partial charge >= 0.3 is 0 Å². The van der Waals surface area contributed by atoms with Gasteiger partial charge in [0.25, 0.3) is 5.91 Å². The van der Waals surface area contributed by atoms with Gasteiger partial charge in [-0.3, -0.25) is 4.79 Å². The number of anilines is 2. The van der Waals surface area contributed by atoms with Crippen LogP contribution in [0.1, 0.15) is 24.0 Å². The number of carbonyl (C=O) groups is 1. The van der Waals surface area contributed by atoms with E-state index >= 15 is 0 Å². The fourth-order valence-electron chi connectivity index (χ4n) is 4.76. The van der Waals surface area contributed by atoms with Gasteiger partial charge in [-0.25, -0.2) is 4.98 Å². The molecular formula is C30H31N3O2. The van der Waals surface area contributed by atoms with Gasteiger partial charge in [0.2, 0.25) is 0 Å². The lowest BCUT2D eigenvalue weighted by molar-refractivity contribution is -0.118. The normalized spacial score (nSPS) is 14.1. The van der Waals surface area contributed by atoms with Gasteiger partial charge in [0.05, 0.1) is 0 Å². The summed E-state index contributed by atoms with van der Waals surface area (Å²) in [6.07, 6.45) is 3.46. The highest BCUT2D eigenvalue weighted by Gasteiger charge is 2.21. The number of rotatable bonds is 7. The summed E-state index contributed by atoms with van der Waals surface area (Å²) in [5.41, 5.74) is 4.03. The monoisotopic (exact) mass is 465 g/mol. The van der Waals surface area contributed by atoms with Crippen molar-refractivity contribution in [3.8, 4) is 5.75 Å². The van der Waals surface area contributed by atoms with Gasteiger partial charge in [0.1, 0.15) is 17.1 Å². The Labute approximate surface area is 206 Å². The summed E-state index contributed by atoms with van der Waals surface area (Å²) >= 11 is 0. The zero-order valence-corrected chi connectivity index (χ0v) is 20.1. The maximum absolute atomic E-state index is 12.5. The van der Waals surface area contributed by atoms with E-state index in [4.69, 9.17) is 9.72 Å². The van der Waals surface area contributed by atoms with Crippen molar-refractivity contribution >= 4 is 28.3 Å². The van der Waals surface area contributed by atoms with E-state index in [2.05, 4.69) is 52.7 Å². The molecule has 1 amide bonds. The molecular weight excluding hydrogens is 434 g/mol. The number of carbonyl (C=O) groups excluding carboxylic acids is 1. The lowest BCUT2D eigenvalue weighted by Crippen LogP contribution is -2.34. The number of para-hydroxylation sites is 2. The van der Waals surface area contributed by atoms with E-state index in [1.54, 1.807) is 0 Å². The van der Waals surface area contributed by atoms with Crippen LogP contribution in [0.5, 0.6) is 5.75 Å². The molecule has 1 aromatic heterocycles. The number of pyridine rings is 1. The zero-order valence-electron chi connectivity index (χ0n) is 20.1. The van der Waals surface area contributed by atoms with E-state index in [1.807, 2.05) is 49.4 Å². The summed E-state index contributed by atoms with van der Waals surface area (Å²) in [6, 6.07) is 28.5. The van der Waals surface area contributed by atoms with Crippen molar-refractivity contribution in [3.05, 3.63) is 96.1 Å². The van der Waals surface area contributed by atoms with Gasteiger partial charge in [-0.05, 0) is 67.5 Å². The second-order valence-electron chi connectivity index (χ2n) is 9.27. The molecule has 0 radical (unpaired) electrons. The lowest BCUT2D eigenvalue weighted by Gasteiger charge is -2.33. The molecule has 4 aromatic rings. The summed E-state index contributed by atoms with van der Waals surface area (Å²) in [5, 5.41) is 3.92. The number of nitrogens with zero attached hydrogens (tertiary/aromatic N) is 2. The SMILES string of the molecule is Cc1ccccc1NC(=O)COc1cccc2ccc(N3CCC(Cc4ccccc4)CC3)nc12. The largest absolute Gasteiger partial charge is 0.481 e. The number of hydrogen-bond donors (Lipinski definition) is 1. The molecule has 35 heavy (non-hydrogen) atoms. The summed E-state index contributed by atoms with van der Waals surface area (Å²) in [6.45, 7) is 3.90. The summed E-state index contributed by atoms with van der Waals surface area (Å²) in [7, 11) is 0. The number of piperidine rings is 1. The molecule has 0 unspecified atom stereocenters. The second kappa shape index (κ2) is 10.6. The molecule has 1 aliphatic rings. The maximum Gasteiger partial charge on any atom is 0.262 e. The van der Waals surface area contributed by atoms with E-state index in [0.29, 0.717) is 11.7 Å². The molecule has 5 nitrogen and oxygen atoms in total. The Hall–Kier alpha value is -3.86. The topological polar surface area (TPSA) is 54.5 Å². The molecule has 1 saturated heterocycles. The molecule has 0 atom stereocenters. The van der Waals surface area contributed by atoms with E-state index in [1.165, 1.54) is 5.56 Å². The number of aryl methyl sites for hydroxylation is 1. The Morgan fingerprint density at radius 1 is 0.943 bits per heavy atom. The fraction of sp³-hybridized carbons (Fsp3) is 0.267. The van der Waals surface area contributed by atoms with Gasteiger partial charge < -0.3 is 15.0 Å². The van der Waals surface area contributed by atoms with Gasteiger partial charge in [0.15, 0.2) is 6.61 Å². The first kappa shape index (κ1) is 22.9. The number of ether oxygens (including phenoxy) is 1. The molecule has 0 spiro atoms. The van der Waals surface area contributed by atoms with Crippen LogP contribution in [0, 0.1) is 12.8 Å². The van der Waals surface area contributed by atoms with E-state index in [9.17, 15) is 4.79 Å². The quantitative estimate of drug-likeness (QED) is 0.363. The number of hydrogen-bond acceptors (Lipinski definition) is 4. The summed E-state index contributed by atoms with van der Waals surface area (Å²) < 4.78 is 5.93. The predicted octanol–water partition coefficient (Wildman–Crippen LogP) is 6.02. The maximum atomic E-state index is 12.5. The highest BCUT2D eigenvalue weighted by atomic mass is 16.5. The summed E-state index contributed by atoms with van der Waals surface area (Å²) in [4.78, 5) is 19.8. The smallest absolute Gasteiger partial charge is 0.262 e. The molecule has 5 heteroatoms. The van der Waals surface area contributed by atoms with Gasteiger partial charge in [-0.2, -0.15) is 0 Å². The molecule has 1 fully saturated rings. The van der Waals surface area contributed by atoms with E-state index in [0.717, 1.165) is 60.3 Å². The van der Waals surface area contributed by atoms with Crippen LogP contribution in [0.4, 0.5) is 11.5 Å². The van der Waals surface area contributed by atoms with Gasteiger partial charge in [0, 0.05) is 24.2 Å². The van der Waals surface area contributed by atoms with Crippen molar-refractivity contribution in [3.63, 3.8) is 0 Å². The van der Waals surface area contributed by atoms with Crippen LogP contribution in [0.2, 0.25) is 0 Å². The Morgan fingerprint density at radius 2 is 1.71 bits per heavy atom. The van der Waals surface area contributed by atoms with Crippen molar-refractivity contribution in [1.29, 1.82) is 0 Å². The van der Waals surface area contributed by atoms with Crippen molar-refractivity contribution < 1.29 is 9.53 Å². The first-order valence-corrected chi connectivity index (χ1v) is 12.3. The number of benzene rings is 3. The van der Waals surface area contributed by atoms with Crippen LogP contribution in [-0.2, 0) is 11.2 Å². The number of aromatic nitrogens is 1. The predicted molar refractivity (Wildman–Crippen MR) is 142 cm³/mol. The van der Waals surface area contributed by atoms with Crippen molar-refractivity contribution in [2.24, 2.45) is 5.92 Å². The molecule has 3 aromatic carbocycles. The molecule has 178 valence electrons. The standard InChI is InChI=1S/C30H31N3O2/c1-22-8-5-6-12-26(22)31-29(34)21-35-27-13-7-11-25-14-15-28(32-30(25)27)33-18-16-24(17-19-33)20-23-9-3-2-4-10-23/h2-15,24H,16-21H2,1H3,(H,31,34). The van der Waals surface area contributed by atoms with Crippen LogP contribution < -0.4 is 15.0 Å². The first-order chi connectivity index (χ1) is 17.2. The Kier molecular flexibility index (Phi) is 6.94. The summed E-state index contributed by atoms with van der Waals surface area (Å²) in [5.74, 6) is 2.12. The van der Waals surface area contributed by atoms with Crippen LogP contribution in [-0.4, -0.2) is 30.6 Å². The van der Waals surface area contributed by atoms with Crippen molar-refractivity contribution in [2.75, 3.05) is 29.9 Å². The average molecular weight is 466 g/mol. The van der Waals surface area contributed by atoms with Crippen molar-refractivity contribution in [2.45, 2.75) is 26.2 Å². The van der Waals surface area contributed by atoms with Crippen molar-refractivity contribution in [1.82, 2.24) is 4.98 Å². The number of amides is 1. The minimum absolute atomic E-state index is 0.0652. The Morgan fingerprint density at radius 3 is 2.51 bits per heavy atom. The average Bonchev–Trinajstić information content (AvgIpc) is 2.89. The van der Waals surface area contributed by atoms with Crippen LogP contribution >= 0.6 is 0 Å². The van der Waals surface area contributed by atoms with Gasteiger partial charge in [-0.15, -0.1) is 0 Å². The first-order valence-electron chi connectivity index (χ1n) is 12.3. The Balaban J connectivity index is 1.23. The molecule has 0 saturated carbocycles. The van der Waals surface area contributed by atoms with Gasteiger partial charge in [-0.1, -0.05) is 60.7 Å². The van der Waals surface area contributed by atoms with Crippen LogP contribution in [0.25, 0.3) is 10.9 Å². The molecule has 0 aliphatic carbocycles. The molecule has 1 N–H and O–H groups in total. The zero-order chi connectivity index (χ0) is 24.0. The molecule has 5 rings (SSSR count).